The lowest BCUT2D eigenvalue weighted by molar-refractivity contribution is -0.135. The lowest BCUT2D eigenvalue weighted by atomic mass is 10.1. The van der Waals surface area contributed by atoms with E-state index >= 15 is 0 Å². The summed E-state index contributed by atoms with van der Waals surface area (Å²) in [6.07, 6.45) is 13.9. The normalized spacial score (nSPS) is 11.7. The highest BCUT2D eigenvalue weighted by Gasteiger charge is 2.35. The van der Waals surface area contributed by atoms with Crippen molar-refractivity contribution in [2.24, 2.45) is 0 Å². The van der Waals surface area contributed by atoms with E-state index in [2.05, 4.69) is 18.8 Å². The topological polar surface area (TPSA) is 61.8 Å². The van der Waals surface area contributed by atoms with Gasteiger partial charge < -0.3 is 13.8 Å². The van der Waals surface area contributed by atoms with E-state index in [9.17, 15) is 9.36 Å². The molecule has 0 spiro atoms. The molecule has 5 nitrogen and oxygen atoms in total. The Labute approximate surface area is 200 Å². The van der Waals surface area contributed by atoms with Crippen molar-refractivity contribution in [3.05, 3.63) is 40.7 Å². The molecule has 1 aromatic rings. The highest BCUT2D eigenvalue weighted by atomic mass is 31.2. The maximum absolute atomic E-state index is 13.2. The SMILES string of the molecule is CCCCCCCCCCCC#Cc1ccccc1/C=C(\C(=O)OC)P(=O)(OCC)OCC. The number of unbranched alkanes of at least 4 members (excludes halogenated alkanes) is 9. The van der Waals surface area contributed by atoms with Crippen LogP contribution in [0.15, 0.2) is 29.6 Å². The fourth-order valence-corrected chi connectivity index (χ4v) is 5.08. The maximum atomic E-state index is 13.2. The molecule has 0 saturated heterocycles. The Hall–Kier alpha value is -1.86. The van der Waals surface area contributed by atoms with Crippen LogP contribution < -0.4 is 0 Å². The Morgan fingerprint density at radius 1 is 0.909 bits per heavy atom. The number of ether oxygens (including phenoxy) is 1. The molecular formula is C27H41O5P. The van der Waals surface area contributed by atoms with Crippen molar-refractivity contribution in [1.82, 2.24) is 0 Å². The Balaban J connectivity index is 2.82. The van der Waals surface area contributed by atoms with Gasteiger partial charge in [0.2, 0.25) is 0 Å². The van der Waals surface area contributed by atoms with Crippen LogP contribution in [0.1, 0.15) is 96.1 Å². The van der Waals surface area contributed by atoms with Gasteiger partial charge in [-0.05, 0) is 38.0 Å². The third kappa shape index (κ3) is 11.2. The van der Waals surface area contributed by atoms with Crippen LogP contribution in [0.2, 0.25) is 0 Å². The second-order valence-corrected chi connectivity index (χ2v) is 9.81. The minimum absolute atomic E-state index is 0.123. The molecule has 0 aliphatic heterocycles. The van der Waals surface area contributed by atoms with E-state index in [1.54, 1.807) is 13.8 Å². The lowest BCUT2D eigenvalue weighted by Gasteiger charge is -2.18. The van der Waals surface area contributed by atoms with Crippen molar-refractivity contribution in [2.45, 2.75) is 85.0 Å². The average molecular weight is 477 g/mol. The van der Waals surface area contributed by atoms with Gasteiger partial charge in [0.1, 0.15) is 5.31 Å². The molecule has 0 bridgehead atoms. The number of benzene rings is 1. The van der Waals surface area contributed by atoms with Crippen LogP contribution in [0.3, 0.4) is 0 Å². The standard InChI is InChI=1S/C27H41O5P/c1-5-8-9-10-11-12-13-14-15-16-17-20-24-21-18-19-22-25(24)23-26(27(28)30-4)33(29,31-6-2)32-7-3/h18-19,21-23H,5-16H2,1-4H3/b26-23+. The van der Waals surface area contributed by atoms with Crippen LogP contribution >= 0.6 is 7.60 Å². The highest BCUT2D eigenvalue weighted by molar-refractivity contribution is 7.60. The quantitative estimate of drug-likeness (QED) is 0.0803. The van der Waals surface area contributed by atoms with E-state index in [4.69, 9.17) is 13.8 Å². The van der Waals surface area contributed by atoms with Gasteiger partial charge in [0.05, 0.1) is 20.3 Å². The van der Waals surface area contributed by atoms with Crippen LogP contribution in [0.5, 0.6) is 0 Å². The summed E-state index contributed by atoms with van der Waals surface area (Å²) in [5, 5.41) is -0.123. The summed E-state index contributed by atoms with van der Waals surface area (Å²) in [6, 6.07) is 7.45. The van der Waals surface area contributed by atoms with Crippen molar-refractivity contribution in [3.63, 3.8) is 0 Å². The maximum Gasteiger partial charge on any atom is 0.368 e. The van der Waals surface area contributed by atoms with Crippen molar-refractivity contribution >= 4 is 19.6 Å². The molecule has 0 N–H and O–H groups in total. The fraction of sp³-hybridized carbons (Fsp3) is 0.593. The third-order valence-electron chi connectivity index (χ3n) is 5.17. The van der Waals surface area contributed by atoms with Crippen LogP contribution in [0.4, 0.5) is 0 Å². The van der Waals surface area contributed by atoms with E-state index in [0.717, 1.165) is 18.4 Å². The molecule has 0 radical (unpaired) electrons. The summed E-state index contributed by atoms with van der Waals surface area (Å²) in [6.45, 7) is 5.93. The molecule has 0 aliphatic carbocycles. The molecule has 0 fully saturated rings. The Kier molecular flexibility index (Phi) is 15.6. The fourth-order valence-electron chi connectivity index (χ4n) is 3.44. The van der Waals surface area contributed by atoms with Gasteiger partial charge in [-0.3, -0.25) is 4.57 Å². The first-order chi connectivity index (χ1) is 16.0. The van der Waals surface area contributed by atoms with Gasteiger partial charge in [-0.1, -0.05) is 88.3 Å². The van der Waals surface area contributed by atoms with E-state index in [0.29, 0.717) is 5.56 Å². The predicted octanol–water partition coefficient (Wildman–Crippen LogP) is 7.74. The number of carbonyl (C=O) groups excluding carboxylic acids is 1. The minimum Gasteiger partial charge on any atom is -0.465 e. The summed E-state index contributed by atoms with van der Waals surface area (Å²) in [5.74, 6) is 5.70. The highest BCUT2D eigenvalue weighted by Crippen LogP contribution is 2.57. The molecule has 1 rings (SSSR count). The van der Waals surface area contributed by atoms with Crippen LogP contribution in [0, 0.1) is 11.8 Å². The van der Waals surface area contributed by atoms with Crippen LogP contribution in [-0.4, -0.2) is 26.3 Å². The summed E-state index contributed by atoms with van der Waals surface area (Å²) >= 11 is 0. The van der Waals surface area contributed by atoms with Gasteiger partial charge in [0, 0.05) is 12.0 Å². The molecule has 6 heteroatoms. The van der Waals surface area contributed by atoms with Crippen molar-refractivity contribution in [1.29, 1.82) is 0 Å². The van der Waals surface area contributed by atoms with Gasteiger partial charge in [0.25, 0.3) is 0 Å². The number of esters is 1. The molecule has 184 valence electrons. The molecule has 0 aliphatic rings. The number of hydrogen-bond donors (Lipinski definition) is 0. The van der Waals surface area contributed by atoms with Crippen molar-refractivity contribution in [2.75, 3.05) is 20.3 Å². The molecule has 0 saturated carbocycles. The van der Waals surface area contributed by atoms with E-state index < -0.39 is 13.6 Å². The number of rotatable bonds is 16. The van der Waals surface area contributed by atoms with Gasteiger partial charge in [0.15, 0.2) is 0 Å². The Morgan fingerprint density at radius 3 is 2.06 bits per heavy atom. The first-order valence-electron chi connectivity index (χ1n) is 12.3. The molecule has 0 atom stereocenters. The first kappa shape index (κ1) is 29.2. The van der Waals surface area contributed by atoms with E-state index in [-0.39, 0.29) is 18.5 Å². The Morgan fingerprint density at radius 2 is 1.48 bits per heavy atom. The van der Waals surface area contributed by atoms with Crippen molar-refractivity contribution < 1.29 is 23.1 Å². The summed E-state index contributed by atoms with van der Waals surface area (Å²) < 4.78 is 28.8. The zero-order valence-corrected chi connectivity index (χ0v) is 21.8. The summed E-state index contributed by atoms with van der Waals surface area (Å²) in [5.41, 5.74) is 1.44. The number of methoxy groups -OCH3 is 1. The number of hydrogen-bond acceptors (Lipinski definition) is 5. The lowest BCUT2D eigenvalue weighted by Crippen LogP contribution is -2.10. The van der Waals surface area contributed by atoms with Crippen LogP contribution in [0.25, 0.3) is 6.08 Å². The van der Waals surface area contributed by atoms with E-state index in [1.807, 2.05) is 24.3 Å². The second kappa shape index (κ2) is 17.6. The summed E-state index contributed by atoms with van der Waals surface area (Å²) in [7, 11) is -2.56. The minimum atomic E-state index is -3.81. The van der Waals surface area contributed by atoms with Gasteiger partial charge >= 0.3 is 13.6 Å². The largest absolute Gasteiger partial charge is 0.465 e. The monoisotopic (exact) mass is 476 g/mol. The first-order valence-corrected chi connectivity index (χ1v) is 13.8. The zero-order valence-electron chi connectivity index (χ0n) is 20.9. The zero-order chi connectivity index (χ0) is 24.4. The smallest absolute Gasteiger partial charge is 0.368 e. The van der Waals surface area contributed by atoms with Crippen molar-refractivity contribution in [3.8, 4) is 11.8 Å². The van der Waals surface area contributed by atoms with E-state index in [1.165, 1.54) is 64.6 Å². The molecule has 0 aromatic heterocycles. The van der Waals surface area contributed by atoms with Gasteiger partial charge in [-0.2, -0.15) is 0 Å². The molecule has 33 heavy (non-hydrogen) atoms. The Bertz CT molecular complexity index is 824. The molecule has 1 aromatic carbocycles. The molecular weight excluding hydrogens is 435 g/mol. The van der Waals surface area contributed by atoms with Gasteiger partial charge in [-0.25, -0.2) is 4.79 Å². The molecule has 0 amide bonds. The predicted molar refractivity (Wildman–Crippen MR) is 136 cm³/mol. The summed E-state index contributed by atoms with van der Waals surface area (Å²) in [4.78, 5) is 12.4. The molecule has 0 heterocycles. The van der Waals surface area contributed by atoms with Gasteiger partial charge in [-0.15, -0.1) is 0 Å². The number of carbonyl (C=O) groups is 1. The second-order valence-electron chi connectivity index (χ2n) is 7.82. The van der Waals surface area contributed by atoms with Crippen LogP contribution in [-0.2, 0) is 23.1 Å². The average Bonchev–Trinajstić information content (AvgIpc) is 2.81. The third-order valence-corrected chi connectivity index (χ3v) is 7.27. The molecule has 0 unspecified atom stereocenters.